The Bertz CT molecular complexity index is 150. The molecule has 0 spiro atoms. The first-order valence-electron chi connectivity index (χ1n) is 4.90. The molecular weight excluding hydrogens is 185 g/mol. The van der Waals surface area contributed by atoms with E-state index < -0.39 is 8.53 Å². The highest BCUT2D eigenvalue weighted by Gasteiger charge is 2.31. The van der Waals surface area contributed by atoms with Crippen LogP contribution in [0.2, 0.25) is 0 Å². The van der Waals surface area contributed by atoms with E-state index in [-0.39, 0.29) is 5.41 Å². The van der Waals surface area contributed by atoms with Gasteiger partial charge in [-0.3, -0.25) is 0 Å². The SMILES string of the molecule is CCN(CC)P1OCC(C)(C)CO1. The molecule has 1 rings (SSSR count). The minimum absolute atomic E-state index is 0.186. The van der Waals surface area contributed by atoms with Crippen LogP contribution >= 0.6 is 8.53 Å². The molecule has 0 amide bonds. The van der Waals surface area contributed by atoms with Crippen LogP contribution in [-0.4, -0.2) is 31.0 Å². The number of hydrogen-bond acceptors (Lipinski definition) is 3. The molecule has 0 aromatic rings. The van der Waals surface area contributed by atoms with Crippen molar-refractivity contribution in [2.24, 2.45) is 5.41 Å². The minimum atomic E-state index is -0.760. The molecule has 13 heavy (non-hydrogen) atoms. The van der Waals surface area contributed by atoms with Crippen molar-refractivity contribution in [2.45, 2.75) is 27.7 Å². The van der Waals surface area contributed by atoms with Gasteiger partial charge in [0.2, 0.25) is 0 Å². The van der Waals surface area contributed by atoms with E-state index in [0.29, 0.717) is 0 Å². The lowest BCUT2D eigenvalue weighted by molar-refractivity contribution is 0.0457. The zero-order chi connectivity index (χ0) is 9.90. The lowest BCUT2D eigenvalue weighted by atomic mass is 9.97. The molecule has 0 N–H and O–H groups in total. The van der Waals surface area contributed by atoms with Crippen molar-refractivity contribution in [3.63, 3.8) is 0 Å². The fourth-order valence-electron chi connectivity index (χ4n) is 1.16. The summed E-state index contributed by atoms with van der Waals surface area (Å²) in [5.41, 5.74) is 0.186. The maximum atomic E-state index is 5.71. The Hall–Kier alpha value is 0.310. The molecular formula is C9H20NO2P. The fourth-order valence-corrected chi connectivity index (χ4v) is 2.94. The van der Waals surface area contributed by atoms with E-state index in [1.807, 2.05) is 0 Å². The van der Waals surface area contributed by atoms with Crippen molar-refractivity contribution in [3.8, 4) is 0 Å². The minimum Gasteiger partial charge on any atom is -0.321 e. The zero-order valence-electron chi connectivity index (χ0n) is 9.04. The van der Waals surface area contributed by atoms with Crippen LogP contribution in [0.15, 0.2) is 0 Å². The molecule has 1 fully saturated rings. The van der Waals surface area contributed by atoms with E-state index in [1.165, 1.54) is 0 Å². The van der Waals surface area contributed by atoms with Gasteiger partial charge in [-0.1, -0.05) is 27.7 Å². The molecule has 0 atom stereocenters. The average molecular weight is 205 g/mol. The highest BCUT2D eigenvalue weighted by molar-refractivity contribution is 7.44. The molecule has 1 saturated heterocycles. The largest absolute Gasteiger partial charge is 0.321 e. The van der Waals surface area contributed by atoms with Crippen molar-refractivity contribution in [1.29, 1.82) is 0 Å². The van der Waals surface area contributed by atoms with Gasteiger partial charge in [-0.05, 0) is 0 Å². The maximum Gasteiger partial charge on any atom is 0.258 e. The third-order valence-electron chi connectivity index (χ3n) is 2.09. The molecule has 78 valence electrons. The van der Waals surface area contributed by atoms with Crippen LogP contribution in [-0.2, 0) is 9.05 Å². The summed E-state index contributed by atoms with van der Waals surface area (Å²) in [6.07, 6.45) is 0. The third-order valence-corrected chi connectivity index (χ3v) is 3.82. The van der Waals surface area contributed by atoms with E-state index in [4.69, 9.17) is 9.05 Å². The van der Waals surface area contributed by atoms with Crippen LogP contribution in [0.25, 0.3) is 0 Å². The summed E-state index contributed by atoms with van der Waals surface area (Å²) in [5.74, 6) is 0. The maximum absolute atomic E-state index is 5.71. The fraction of sp³-hybridized carbons (Fsp3) is 1.00. The Morgan fingerprint density at radius 1 is 1.15 bits per heavy atom. The lowest BCUT2D eigenvalue weighted by Gasteiger charge is -2.37. The third kappa shape index (κ3) is 3.17. The van der Waals surface area contributed by atoms with Gasteiger partial charge in [-0.15, -0.1) is 0 Å². The number of nitrogens with zero attached hydrogens (tertiary/aromatic N) is 1. The summed E-state index contributed by atoms with van der Waals surface area (Å²) in [4.78, 5) is 0. The second-order valence-electron chi connectivity index (χ2n) is 4.09. The van der Waals surface area contributed by atoms with Gasteiger partial charge in [-0.2, -0.15) is 0 Å². The van der Waals surface area contributed by atoms with Crippen LogP contribution in [0, 0.1) is 5.41 Å². The molecule has 0 radical (unpaired) electrons. The Kier molecular flexibility index (Phi) is 4.11. The molecule has 0 saturated carbocycles. The average Bonchev–Trinajstić information content (AvgIpc) is 2.09. The first-order valence-corrected chi connectivity index (χ1v) is 6.03. The van der Waals surface area contributed by atoms with Gasteiger partial charge in [-0.25, -0.2) is 4.67 Å². The van der Waals surface area contributed by atoms with Crippen molar-refractivity contribution >= 4 is 8.53 Å². The second-order valence-corrected chi connectivity index (χ2v) is 5.65. The van der Waals surface area contributed by atoms with Crippen molar-refractivity contribution in [3.05, 3.63) is 0 Å². The first-order chi connectivity index (χ1) is 6.09. The van der Waals surface area contributed by atoms with Gasteiger partial charge in [0.25, 0.3) is 8.53 Å². The second kappa shape index (κ2) is 4.70. The Morgan fingerprint density at radius 2 is 1.62 bits per heavy atom. The summed E-state index contributed by atoms with van der Waals surface area (Å²) < 4.78 is 13.7. The van der Waals surface area contributed by atoms with E-state index >= 15 is 0 Å². The Balaban J connectivity index is 2.39. The topological polar surface area (TPSA) is 21.7 Å². The molecule has 1 aliphatic heterocycles. The normalized spacial score (nSPS) is 23.8. The summed E-state index contributed by atoms with van der Waals surface area (Å²) in [6.45, 7) is 12.2. The summed E-state index contributed by atoms with van der Waals surface area (Å²) in [5, 5.41) is 0. The van der Waals surface area contributed by atoms with Crippen LogP contribution in [0.1, 0.15) is 27.7 Å². The van der Waals surface area contributed by atoms with E-state index in [1.54, 1.807) is 0 Å². The first kappa shape index (κ1) is 11.4. The molecule has 1 aliphatic rings. The highest BCUT2D eigenvalue weighted by atomic mass is 31.2. The summed E-state index contributed by atoms with van der Waals surface area (Å²) in [6, 6.07) is 0. The summed E-state index contributed by atoms with van der Waals surface area (Å²) in [7, 11) is -0.760. The monoisotopic (exact) mass is 205 g/mol. The highest BCUT2D eigenvalue weighted by Crippen LogP contribution is 2.48. The van der Waals surface area contributed by atoms with Crippen molar-refractivity contribution in [2.75, 3.05) is 26.3 Å². The van der Waals surface area contributed by atoms with Crippen LogP contribution in [0.3, 0.4) is 0 Å². The molecule has 4 heteroatoms. The number of rotatable bonds is 3. The Labute approximate surface area is 82.4 Å². The zero-order valence-corrected chi connectivity index (χ0v) is 9.93. The standard InChI is InChI=1S/C9H20NO2P/c1-5-10(6-2)13-11-7-9(3,4)8-12-13/h5-8H2,1-4H3. The summed E-state index contributed by atoms with van der Waals surface area (Å²) >= 11 is 0. The van der Waals surface area contributed by atoms with E-state index in [2.05, 4.69) is 32.4 Å². The van der Waals surface area contributed by atoms with E-state index in [0.717, 1.165) is 26.3 Å². The van der Waals surface area contributed by atoms with Crippen LogP contribution in [0.4, 0.5) is 0 Å². The van der Waals surface area contributed by atoms with Crippen molar-refractivity contribution in [1.82, 2.24) is 4.67 Å². The van der Waals surface area contributed by atoms with Crippen molar-refractivity contribution < 1.29 is 9.05 Å². The molecule has 1 heterocycles. The quantitative estimate of drug-likeness (QED) is 0.661. The molecule has 3 nitrogen and oxygen atoms in total. The van der Waals surface area contributed by atoms with Gasteiger partial charge in [0.15, 0.2) is 0 Å². The van der Waals surface area contributed by atoms with Gasteiger partial charge >= 0.3 is 0 Å². The lowest BCUT2D eigenvalue weighted by Crippen LogP contribution is -2.32. The van der Waals surface area contributed by atoms with Gasteiger partial charge in [0.05, 0.1) is 13.2 Å². The molecule has 0 aromatic carbocycles. The molecule has 0 aromatic heterocycles. The predicted molar refractivity (Wildman–Crippen MR) is 55.5 cm³/mol. The van der Waals surface area contributed by atoms with Gasteiger partial charge in [0.1, 0.15) is 0 Å². The van der Waals surface area contributed by atoms with Crippen LogP contribution in [0.5, 0.6) is 0 Å². The van der Waals surface area contributed by atoms with Gasteiger partial charge < -0.3 is 9.05 Å². The number of hydrogen-bond donors (Lipinski definition) is 0. The Morgan fingerprint density at radius 3 is 2.00 bits per heavy atom. The van der Waals surface area contributed by atoms with Crippen LogP contribution < -0.4 is 0 Å². The molecule has 0 bridgehead atoms. The van der Waals surface area contributed by atoms with Gasteiger partial charge in [0, 0.05) is 18.5 Å². The van der Waals surface area contributed by atoms with E-state index in [9.17, 15) is 0 Å². The molecule has 0 unspecified atom stereocenters. The predicted octanol–water partition coefficient (Wildman–Crippen LogP) is 2.63. The smallest absolute Gasteiger partial charge is 0.258 e. The molecule has 0 aliphatic carbocycles.